The van der Waals surface area contributed by atoms with Crippen LogP contribution in [0.1, 0.15) is 252 Å². The number of hydrogen-bond acceptors (Lipinski definition) is 0. The molecule has 44 heavy (non-hydrogen) atoms. The van der Waals surface area contributed by atoms with Crippen molar-refractivity contribution in [2.45, 2.75) is 252 Å². The molecule has 0 heterocycles. The van der Waals surface area contributed by atoms with Gasteiger partial charge in [0.05, 0.1) is 0 Å². The summed E-state index contributed by atoms with van der Waals surface area (Å²) in [5.74, 6) is 0. The molecule has 0 N–H and O–H groups in total. The Bertz CT molecular complexity index is 631. The Morgan fingerprint density at radius 2 is 0.636 bits per heavy atom. The van der Waals surface area contributed by atoms with Crippen LogP contribution in [0.15, 0.2) is 23.3 Å². The van der Waals surface area contributed by atoms with Gasteiger partial charge in [-0.1, -0.05) is 232 Å². The number of hydrogen-bond donors (Lipinski definition) is 0. The van der Waals surface area contributed by atoms with Crippen LogP contribution >= 0.6 is 0 Å². The van der Waals surface area contributed by atoms with Gasteiger partial charge in [0.25, 0.3) is 0 Å². The first kappa shape index (κ1) is 41.5. The fourth-order valence-electron chi connectivity index (χ4n) is 7.88. The van der Waals surface area contributed by atoms with Crippen LogP contribution in [0.2, 0.25) is 0 Å². The second kappa shape index (κ2) is 31.1. The van der Waals surface area contributed by atoms with Crippen molar-refractivity contribution < 1.29 is 0 Å². The molecule has 0 spiro atoms. The second-order valence-electron chi connectivity index (χ2n) is 15.0. The van der Waals surface area contributed by atoms with E-state index in [1.54, 1.807) is 5.57 Å². The minimum atomic E-state index is 0.405. The molecule has 1 rings (SSSR count). The Kier molecular flexibility index (Phi) is 29.3. The minimum Gasteiger partial charge on any atom is -0.0740 e. The lowest BCUT2D eigenvalue weighted by Crippen LogP contribution is -2.20. The largest absolute Gasteiger partial charge is 0.0740 e. The quantitative estimate of drug-likeness (QED) is 0.0624. The number of allylic oxidation sites excluding steroid dienone is 4. The fraction of sp³-hybridized carbons (Fsp3) is 0.909. The van der Waals surface area contributed by atoms with E-state index in [4.69, 9.17) is 0 Å². The Hall–Kier alpha value is -0.520. The molecule has 0 saturated carbocycles. The second-order valence-corrected chi connectivity index (χ2v) is 15.0. The topological polar surface area (TPSA) is 0 Å². The molecule has 1 aliphatic carbocycles. The van der Waals surface area contributed by atoms with Gasteiger partial charge in [0, 0.05) is 5.41 Å². The third kappa shape index (κ3) is 21.3. The Labute approximate surface area is 280 Å². The third-order valence-corrected chi connectivity index (χ3v) is 10.9. The average molecular weight is 613 g/mol. The van der Waals surface area contributed by atoms with E-state index in [-0.39, 0.29) is 0 Å². The van der Waals surface area contributed by atoms with Crippen molar-refractivity contribution in [1.82, 2.24) is 0 Å². The molecule has 0 radical (unpaired) electrons. The van der Waals surface area contributed by atoms with Crippen LogP contribution in [0.5, 0.6) is 0 Å². The summed E-state index contributed by atoms with van der Waals surface area (Å²) in [7, 11) is 0. The van der Waals surface area contributed by atoms with E-state index < -0.39 is 0 Å². The van der Waals surface area contributed by atoms with Crippen molar-refractivity contribution in [3.05, 3.63) is 23.3 Å². The molecule has 0 unspecified atom stereocenters. The average Bonchev–Trinajstić information content (AvgIpc) is 3.37. The van der Waals surface area contributed by atoms with E-state index in [1.807, 2.05) is 5.57 Å². The first-order valence-corrected chi connectivity index (χ1v) is 21.2. The molecule has 0 fully saturated rings. The minimum absolute atomic E-state index is 0.405. The summed E-state index contributed by atoms with van der Waals surface area (Å²) in [6.45, 7) is 9.34. The molecule has 0 nitrogen and oxygen atoms in total. The predicted octanol–water partition coefficient (Wildman–Crippen LogP) is 16.6. The molecular formula is C44H84. The monoisotopic (exact) mass is 613 g/mol. The summed E-state index contributed by atoms with van der Waals surface area (Å²) < 4.78 is 0. The SMILES string of the molecule is CCCCCCCCCCC1=C(CCCCCCCCC)C=CC1(CCCCCCCCCC)CCCCCCCCCC. The fourth-order valence-corrected chi connectivity index (χ4v) is 7.88. The van der Waals surface area contributed by atoms with Gasteiger partial charge in [-0.2, -0.15) is 0 Å². The van der Waals surface area contributed by atoms with Gasteiger partial charge < -0.3 is 0 Å². The normalized spacial score (nSPS) is 14.4. The van der Waals surface area contributed by atoms with Crippen LogP contribution in [0.3, 0.4) is 0 Å². The Morgan fingerprint density at radius 1 is 0.341 bits per heavy atom. The van der Waals surface area contributed by atoms with Crippen molar-refractivity contribution in [2.75, 3.05) is 0 Å². The van der Waals surface area contributed by atoms with Gasteiger partial charge in [-0.25, -0.2) is 0 Å². The highest BCUT2D eigenvalue weighted by atomic mass is 14.4. The van der Waals surface area contributed by atoms with E-state index in [9.17, 15) is 0 Å². The van der Waals surface area contributed by atoms with Crippen molar-refractivity contribution in [3.8, 4) is 0 Å². The van der Waals surface area contributed by atoms with E-state index in [2.05, 4.69) is 39.8 Å². The highest BCUT2D eigenvalue weighted by Crippen LogP contribution is 2.49. The van der Waals surface area contributed by atoms with E-state index in [0.29, 0.717) is 5.41 Å². The lowest BCUT2D eigenvalue weighted by Gasteiger charge is -2.33. The summed E-state index contributed by atoms with van der Waals surface area (Å²) in [5.41, 5.74) is 4.13. The predicted molar refractivity (Wildman–Crippen MR) is 203 cm³/mol. The van der Waals surface area contributed by atoms with Crippen LogP contribution < -0.4 is 0 Å². The summed E-state index contributed by atoms with van der Waals surface area (Å²) >= 11 is 0. The lowest BCUT2D eigenvalue weighted by molar-refractivity contribution is 0.342. The first-order chi connectivity index (χ1) is 21.7. The maximum atomic E-state index is 2.77. The van der Waals surface area contributed by atoms with Crippen molar-refractivity contribution in [3.63, 3.8) is 0 Å². The highest BCUT2D eigenvalue weighted by Gasteiger charge is 2.35. The third-order valence-electron chi connectivity index (χ3n) is 10.9. The molecule has 0 amide bonds. The van der Waals surface area contributed by atoms with Gasteiger partial charge in [0.15, 0.2) is 0 Å². The van der Waals surface area contributed by atoms with Crippen LogP contribution in [-0.2, 0) is 0 Å². The van der Waals surface area contributed by atoms with Gasteiger partial charge in [-0.15, -0.1) is 0 Å². The molecule has 0 heteroatoms. The van der Waals surface area contributed by atoms with Gasteiger partial charge >= 0.3 is 0 Å². The van der Waals surface area contributed by atoms with Gasteiger partial charge in [-0.05, 0) is 44.1 Å². The molecule has 260 valence electrons. The zero-order valence-electron chi connectivity index (χ0n) is 31.4. The van der Waals surface area contributed by atoms with E-state index in [1.165, 1.54) is 225 Å². The first-order valence-electron chi connectivity index (χ1n) is 21.2. The van der Waals surface area contributed by atoms with Gasteiger partial charge in [0.1, 0.15) is 0 Å². The van der Waals surface area contributed by atoms with Crippen LogP contribution in [0.4, 0.5) is 0 Å². The van der Waals surface area contributed by atoms with Crippen molar-refractivity contribution in [2.24, 2.45) is 5.41 Å². The molecule has 0 saturated heterocycles. The summed E-state index contributed by atoms with van der Waals surface area (Å²) in [6.07, 6.45) is 55.6. The lowest BCUT2D eigenvalue weighted by atomic mass is 9.71. The van der Waals surface area contributed by atoms with Crippen molar-refractivity contribution >= 4 is 0 Å². The number of rotatable bonds is 35. The van der Waals surface area contributed by atoms with Crippen LogP contribution in [-0.4, -0.2) is 0 Å². The summed E-state index contributed by atoms with van der Waals surface area (Å²) in [6, 6.07) is 0. The Morgan fingerprint density at radius 3 is 1.00 bits per heavy atom. The highest BCUT2D eigenvalue weighted by molar-refractivity contribution is 5.42. The standard InChI is InChI=1S/C44H84/c1-5-9-13-17-21-25-29-33-37-43-42(36-32-28-24-20-16-12-8-4)38-41-44(43,39-34-30-26-22-18-14-10-6-2)40-35-31-27-23-19-15-11-7-3/h38,41H,5-37,39-40H2,1-4H3. The summed E-state index contributed by atoms with van der Waals surface area (Å²) in [4.78, 5) is 0. The van der Waals surface area contributed by atoms with Gasteiger partial charge in [0.2, 0.25) is 0 Å². The van der Waals surface area contributed by atoms with E-state index in [0.717, 1.165) is 0 Å². The molecule has 0 bridgehead atoms. The van der Waals surface area contributed by atoms with Crippen LogP contribution in [0.25, 0.3) is 0 Å². The zero-order valence-corrected chi connectivity index (χ0v) is 31.4. The maximum Gasteiger partial charge on any atom is 0.00997 e. The number of unbranched alkanes of at least 4 members (excludes halogenated alkanes) is 27. The molecule has 1 aliphatic rings. The molecule has 0 aromatic carbocycles. The molecule has 0 aromatic rings. The zero-order chi connectivity index (χ0) is 31.8. The van der Waals surface area contributed by atoms with Gasteiger partial charge in [-0.3, -0.25) is 0 Å². The van der Waals surface area contributed by atoms with E-state index >= 15 is 0 Å². The van der Waals surface area contributed by atoms with Crippen molar-refractivity contribution in [1.29, 1.82) is 0 Å². The summed E-state index contributed by atoms with van der Waals surface area (Å²) in [5, 5.41) is 0. The maximum absolute atomic E-state index is 2.77. The molecule has 0 atom stereocenters. The molecule has 0 aromatic heterocycles. The van der Waals surface area contributed by atoms with Crippen LogP contribution in [0, 0.1) is 5.41 Å². The molecular weight excluding hydrogens is 528 g/mol. The molecule has 0 aliphatic heterocycles. The smallest absolute Gasteiger partial charge is 0.00997 e. The Balaban J connectivity index is 2.79.